The first-order chi connectivity index (χ1) is 16.0. The lowest BCUT2D eigenvalue weighted by Crippen LogP contribution is -2.41. The fourth-order valence-corrected chi connectivity index (χ4v) is 5.32. The normalized spacial score (nSPS) is 19.6. The number of nitrogens with zero attached hydrogens (tertiary/aromatic N) is 3. The number of aliphatic hydroxyl groups excluding tert-OH is 1. The molecule has 0 saturated carbocycles. The molecule has 0 aliphatic carbocycles. The zero-order chi connectivity index (χ0) is 22.9. The third kappa shape index (κ3) is 4.07. The molecular formula is C27H29N3O3. The van der Waals surface area contributed by atoms with Crippen LogP contribution in [-0.2, 0) is 0 Å². The Balaban J connectivity index is 1.27. The van der Waals surface area contributed by atoms with E-state index in [1.165, 1.54) is 28.8 Å². The molecule has 3 aromatic rings. The first kappa shape index (κ1) is 21.5. The number of allylic oxidation sites excluding steroid dienone is 2. The fourth-order valence-electron chi connectivity index (χ4n) is 5.32. The molecule has 2 aliphatic rings. The molecule has 0 spiro atoms. The Labute approximate surface area is 193 Å². The Morgan fingerprint density at radius 3 is 2.48 bits per heavy atom. The lowest BCUT2D eigenvalue weighted by molar-refractivity contribution is 0.0403. The van der Waals surface area contributed by atoms with Crippen LogP contribution in [0.25, 0.3) is 11.1 Å². The molecule has 0 bridgehead atoms. The number of phenols is 1. The van der Waals surface area contributed by atoms with E-state index in [2.05, 4.69) is 40.7 Å². The summed E-state index contributed by atoms with van der Waals surface area (Å²) < 4.78 is 2.18. The molecule has 2 N–H and O–H groups in total. The maximum Gasteiger partial charge on any atom is 0.253 e. The Morgan fingerprint density at radius 1 is 1.09 bits per heavy atom. The van der Waals surface area contributed by atoms with Gasteiger partial charge in [0.2, 0.25) is 0 Å². The highest BCUT2D eigenvalue weighted by Gasteiger charge is 2.35. The molecule has 3 heterocycles. The average Bonchev–Trinajstić information content (AvgIpc) is 3.43. The van der Waals surface area contributed by atoms with Gasteiger partial charge in [-0.2, -0.15) is 0 Å². The molecule has 170 valence electrons. The van der Waals surface area contributed by atoms with Crippen LogP contribution in [0.4, 0.5) is 0 Å². The van der Waals surface area contributed by atoms with Gasteiger partial charge in [-0.1, -0.05) is 30.3 Å². The van der Waals surface area contributed by atoms with Gasteiger partial charge in [0.05, 0.1) is 30.4 Å². The number of hydrogen-bond acceptors (Lipinski definition) is 4. The number of aromatic nitrogens is 2. The summed E-state index contributed by atoms with van der Waals surface area (Å²) in [7, 11) is 0. The van der Waals surface area contributed by atoms with Gasteiger partial charge >= 0.3 is 0 Å². The van der Waals surface area contributed by atoms with Crippen LogP contribution in [0, 0.1) is 5.92 Å². The summed E-state index contributed by atoms with van der Waals surface area (Å²) in [5.74, 6) is 0.283. The number of imidazole rings is 1. The number of fused-ring (bicyclic) bond motifs is 1. The van der Waals surface area contributed by atoms with Crippen molar-refractivity contribution >= 4 is 17.1 Å². The average molecular weight is 444 g/mol. The minimum Gasteiger partial charge on any atom is -0.508 e. The number of carbonyl (C=O) groups excluding carboxylic acids is 1. The smallest absolute Gasteiger partial charge is 0.253 e. The highest BCUT2D eigenvalue weighted by molar-refractivity contribution is 5.94. The number of phenolic OH excluding ortho intramolecular Hbond substituents is 1. The van der Waals surface area contributed by atoms with E-state index in [0.29, 0.717) is 25.1 Å². The van der Waals surface area contributed by atoms with E-state index in [0.717, 1.165) is 18.5 Å². The summed E-state index contributed by atoms with van der Waals surface area (Å²) >= 11 is 0. The van der Waals surface area contributed by atoms with E-state index < -0.39 is 6.10 Å². The summed E-state index contributed by atoms with van der Waals surface area (Å²) in [6.07, 6.45) is 5.49. The first-order valence-corrected chi connectivity index (χ1v) is 11.6. The molecule has 1 aromatic heterocycles. The van der Waals surface area contributed by atoms with Crippen LogP contribution in [-0.4, -0.2) is 49.8 Å². The maximum atomic E-state index is 12.8. The van der Waals surface area contributed by atoms with Crippen LogP contribution in [0.15, 0.2) is 67.1 Å². The number of rotatable bonds is 5. The van der Waals surface area contributed by atoms with Crippen LogP contribution >= 0.6 is 0 Å². The van der Waals surface area contributed by atoms with Gasteiger partial charge in [0.25, 0.3) is 5.91 Å². The number of aromatic hydroxyl groups is 1. The van der Waals surface area contributed by atoms with Crippen molar-refractivity contribution in [2.75, 3.05) is 13.1 Å². The maximum absolute atomic E-state index is 12.8. The zero-order valence-electron chi connectivity index (χ0n) is 18.8. The minimum atomic E-state index is -0.458. The fraction of sp³-hybridized carbons (Fsp3) is 0.333. The van der Waals surface area contributed by atoms with Gasteiger partial charge in [0.15, 0.2) is 0 Å². The molecule has 2 aromatic carbocycles. The van der Waals surface area contributed by atoms with Gasteiger partial charge in [0.1, 0.15) is 5.75 Å². The van der Waals surface area contributed by atoms with E-state index >= 15 is 0 Å². The third-order valence-electron chi connectivity index (χ3n) is 7.16. The third-order valence-corrected chi connectivity index (χ3v) is 7.16. The predicted molar refractivity (Wildman–Crippen MR) is 128 cm³/mol. The van der Waals surface area contributed by atoms with Gasteiger partial charge < -0.3 is 19.7 Å². The van der Waals surface area contributed by atoms with Gasteiger partial charge in [-0.3, -0.25) is 4.79 Å². The van der Waals surface area contributed by atoms with Crippen LogP contribution in [0.5, 0.6) is 5.75 Å². The Morgan fingerprint density at radius 2 is 1.79 bits per heavy atom. The molecule has 1 saturated heterocycles. The molecule has 2 aliphatic heterocycles. The second-order valence-electron chi connectivity index (χ2n) is 9.09. The molecule has 5 rings (SSSR count). The minimum absolute atomic E-state index is 0.0216. The number of hydrogen-bond donors (Lipinski definition) is 2. The second kappa shape index (κ2) is 8.87. The molecule has 6 nitrogen and oxygen atoms in total. The Bertz CT molecular complexity index is 1160. The quantitative estimate of drug-likeness (QED) is 0.614. The molecule has 33 heavy (non-hydrogen) atoms. The topological polar surface area (TPSA) is 78.6 Å². The summed E-state index contributed by atoms with van der Waals surface area (Å²) in [6.45, 7) is 3.39. The Kier molecular flexibility index (Phi) is 5.77. The monoisotopic (exact) mass is 443 g/mol. The van der Waals surface area contributed by atoms with E-state index in [1.807, 2.05) is 23.5 Å². The Hall–Kier alpha value is -3.38. The van der Waals surface area contributed by atoms with Gasteiger partial charge in [0, 0.05) is 18.7 Å². The molecule has 1 fully saturated rings. The first-order valence-electron chi connectivity index (χ1n) is 11.6. The zero-order valence-corrected chi connectivity index (χ0v) is 18.8. The van der Waals surface area contributed by atoms with Crippen LogP contribution in [0.2, 0.25) is 0 Å². The van der Waals surface area contributed by atoms with E-state index in [1.54, 1.807) is 12.1 Å². The summed E-state index contributed by atoms with van der Waals surface area (Å²) in [4.78, 5) is 19.0. The van der Waals surface area contributed by atoms with E-state index in [-0.39, 0.29) is 23.6 Å². The van der Waals surface area contributed by atoms with Crippen molar-refractivity contribution in [3.05, 3.63) is 83.9 Å². The summed E-state index contributed by atoms with van der Waals surface area (Å²) in [5, 5.41) is 20.7. The SMILES string of the molecule is CC1=C(c2ccccc2)C(CC(O)C2CCN(C(=O)c3ccc(O)cc3)CC2)n2cncc21. The number of benzene rings is 2. The molecule has 2 atom stereocenters. The molecular weight excluding hydrogens is 414 g/mol. The molecule has 2 unspecified atom stereocenters. The highest BCUT2D eigenvalue weighted by atomic mass is 16.3. The van der Waals surface area contributed by atoms with Crippen LogP contribution in [0.1, 0.15) is 53.8 Å². The number of aliphatic hydroxyl groups is 1. The van der Waals surface area contributed by atoms with Crippen LogP contribution < -0.4 is 0 Å². The van der Waals surface area contributed by atoms with E-state index in [4.69, 9.17) is 0 Å². The van der Waals surface area contributed by atoms with Crippen molar-refractivity contribution in [2.24, 2.45) is 5.92 Å². The summed E-state index contributed by atoms with van der Waals surface area (Å²) in [6, 6.07) is 16.8. The standard InChI is InChI=1S/C27H29N3O3/c1-18-24-16-28-17-30(24)23(26(18)20-5-3-2-4-6-20)15-25(32)19-11-13-29(14-12-19)27(33)21-7-9-22(31)10-8-21/h2-10,16-17,19,23,25,31-32H,11-15H2,1H3. The van der Waals surface area contributed by atoms with Crippen molar-refractivity contribution in [3.63, 3.8) is 0 Å². The predicted octanol–water partition coefficient (Wildman–Crippen LogP) is 4.38. The lowest BCUT2D eigenvalue weighted by Gasteiger charge is -2.35. The van der Waals surface area contributed by atoms with Gasteiger partial charge in [-0.15, -0.1) is 0 Å². The molecule has 0 radical (unpaired) electrons. The molecule has 1 amide bonds. The van der Waals surface area contributed by atoms with Crippen molar-refractivity contribution in [2.45, 2.75) is 38.3 Å². The number of amides is 1. The van der Waals surface area contributed by atoms with Gasteiger partial charge in [-0.25, -0.2) is 4.98 Å². The summed E-state index contributed by atoms with van der Waals surface area (Å²) in [5.41, 5.74) is 5.35. The van der Waals surface area contributed by atoms with E-state index in [9.17, 15) is 15.0 Å². The number of likely N-dealkylation sites (tertiary alicyclic amines) is 1. The van der Waals surface area contributed by atoms with Crippen molar-refractivity contribution in [1.82, 2.24) is 14.5 Å². The van der Waals surface area contributed by atoms with Crippen molar-refractivity contribution < 1.29 is 15.0 Å². The number of carbonyl (C=O) groups is 1. The number of piperidine rings is 1. The largest absolute Gasteiger partial charge is 0.508 e. The van der Waals surface area contributed by atoms with Gasteiger partial charge in [-0.05, 0) is 73.1 Å². The van der Waals surface area contributed by atoms with Crippen molar-refractivity contribution in [1.29, 1.82) is 0 Å². The lowest BCUT2D eigenvalue weighted by atomic mass is 9.85. The second-order valence-corrected chi connectivity index (χ2v) is 9.09. The van der Waals surface area contributed by atoms with Crippen LogP contribution in [0.3, 0.4) is 0 Å². The highest BCUT2D eigenvalue weighted by Crippen LogP contribution is 2.45. The molecule has 6 heteroatoms. The van der Waals surface area contributed by atoms with Crippen molar-refractivity contribution in [3.8, 4) is 5.75 Å².